The van der Waals surface area contributed by atoms with Crippen molar-refractivity contribution >= 4 is 17.7 Å². The summed E-state index contributed by atoms with van der Waals surface area (Å²) in [5.74, 6) is -4.87. The maximum Gasteiger partial charge on any atom is 0.319 e. The zero-order chi connectivity index (χ0) is 15.3. The number of amides is 2. The fourth-order valence-electron chi connectivity index (χ4n) is 1.32. The molecule has 0 heterocycles. The minimum atomic E-state index is -1.35. The van der Waals surface area contributed by atoms with E-state index in [-0.39, 0.29) is 6.54 Å². The molecule has 1 atom stereocenters. The monoisotopic (exact) mass is 290 g/mol. The van der Waals surface area contributed by atoms with Gasteiger partial charge in [0.15, 0.2) is 11.6 Å². The minimum Gasteiger partial charge on any atom is -0.469 e. The predicted octanol–water partition coefficient (Wildman–Crippen LogP) is 2.03. The van der Waals surface area contributed by atoms with E-state index in [1.807, 2.05) is 5.32 Å². The maximum atomic E-state index is 13.2. The van der Waals surface area contributed by atoms with E-state index in [0.29, 0.717) is 12.1 Å². The Morgan fingerprint density at radius 2 is 1.80 bits per heavy atom. The number of esters is 1. The van der Waals surface area contributed by atoms with Gasteiger partial charge in [-0.05, 0) is 0 Å². The maximum absolute atomic E-state index is 13.2. The summed E-state index contributed by atoms with van der Waals surface area (Å²) < 4.78 is 43.3. The van der Waals surface area contributed by atoms with Crippen LogP contribution in [-0.2, 0) is 9.53 Å². The third kappa shape index (κ3) is 4.15. The Bertz CT molecular complexity index is 523. The molecular formula is C12H13F3N2O3. The number of ether oxygens (including phenoxy) is 1. The molecule has 1 unspecified atom stereocenters. The molecule has 0 fully saturated rings. The van der Waals surface area contributed by atoms with Crippen LogP contribution in [0.1, 0.15) is 6.92 Å². The number of nitrogens with one attached hydrogen (secondary N) is 2. The van der Waals surface area contributed by atoms with Crippen molar-refractivity contribution in [3.8, 4) is 0 Å². The van der Waals surface area contributed by atoms with Crippen LogP contribution < -0.4 is 10.6 Å². The molecule has 0 aromatic heterocycles. The first-order valence-electron chi connectivity index (χ1n) is 5.62. The first-order valence-corrected chi connectivity index (χ1v) is 5.62. The van der Waals surface area contributed by atoms with Gasteiger partial charge in [-0.3, -0.25) is 4.79 Å². The SMILES string of the molecule is COC(=O)C(C)CNC(=O)Nc1cc(F)c(F)cc1F. The van der Waals surface area contributed by atoms with Gasteiger partial charge in [-0.25, -0.2) is 18.0 Å². The molecule has 0 saturated heterocycles. The minimum absolute atomic E-state index is 0.0518. The largest absolute Gasteiger partial charge is 0.469 e. The van der Waals surface area contributed by atoms with Crippen LogP contribution in [-0.4, -0.2) is 25.7 Å². The van der Waals surface area contributed by atoms with Gasteiger partial charge in [0.25, 0.3) is 0 Å². The molecular weight excluding hydrogens is 277 g/mol. The van der Waals surface area contributed by atoms with Crippen LogP contribution >= 0.6 is 0 Å². The summed E-state index contributed by atoms with van der Waals surface area (Å²) in [6, 6.07) is -0.0126. The molecule has 8 heteroatoms. The highest BCUT2D eigenvalue weighted by Crippen LogP contribution is 2.18. The number of hydrogen-bond acceptors (Lipinski definition) is 3. The number of benzene rings is 1. The van der Waals surface area contributed by atoms with E-state index in [2.05, 4.69) is 10.1 Å². The van der Waals surface area contributed by atoms with E-state index in [4.69, 9.17) is 0 Å². The van der Waals surface area contributed by atoms with Crippen LogP contribution in [0.3, 0.4) is 0 Å². The summed E-state index contributed by atoms with van der Waals surface area (Å²) in [6.07, 6.45) is 0. The summed E-state index contributed by atoms with van der Waals surface area (Å²) in [6.45, 7) is 1.47. The van der Waals surface area contributed by atoms with Crippen molar-refractivity contribution in [2.24, 2.45) is 5.92 Å². The summed E-state index contributed by atoms with van der Waals surface area (Å²) in [5, 5.41) is 4.28. The van der Waals surface area contributed by atoms with Crippen LogP contribution in [0, 0.1) is 23.4 Å². The molecule has 5 nitrogen and oxygen atoms in total. The number of methoxy groups -OCH3 is 1. The molecule has 0 spiro atoms. The third-order valence-electron chi connectivity index (χ3n) is 2.43. The van der Waals surface area contributed by atoms with Crippen molar-refractivity contribution in [1.82, 2.24) is 5.32 Å². The smallest absolute Gasteiger partial charge is 0.319 e. The molecule has 0 saturated carbocycles. The van der Waals surface area contributed by atoms with Crippen molar-refractivity contribution in [3.63, 3.8) is 0 Å². The lowest BCUT2D eigenvalue weighted by Gasteiger charge is -2.12. The normalized spacial score (nSPS) is 11.7. The van der Waals surface area contributed by atoms with Gasteiger partial charge in [0.2, 0.25) is 0 Å². The lowest BCUT2D eigenvalue weighted by atomic mass is 10.2. The summed E-state index contributed by atoms with van der Waals surface area (Å²) in [5.41, 5.74) is -0.507. The van der Waals surface area contributed by atoms with Crippen LogP contribution in [0.2, 0.25) is 0 Å². The van der Waals surface area contributed by atoms with Crippen LogP contribution in [0.4, 0.5) is 23.7 Å². The molecule has 110 valence electrons. The molecule has 0 bridgehead atoms. The number of carbonyl (C=O) groups excluding carboxylic acids is 2. The fourth-order valence-corrected chi connectivity index (χ4v) is 1.32. The van der Waals surface area contributed by atoms with Gasteiger partial charge < -0.3 is 15.4 Å². The van der Waals surface area contributed by atoms with Gasteiger partial charge in [-0.2, -0.15) is 0 Å². The average Bonchev–Trinajstić information content (AvgIpc) is 2.41. The second-order valence-electron chi connectivity index (χ2n) is 4.01. The van der Waals surface area contributed by atoms with Gasteiger partial charge in [0, 0.05) is 18.7 Å². The number of halogens is 3. The zero-order valence-electron chi connectivity index (χ0n) is 10.8. The van der Waals surface area contributed by atoms with Gasteiger partial charge in [-0.1, -0.05) is 6.92 Å². The Hall–Kier alpha value is -2.25. The summed E-state index contributed by atoms with van der Waals surface area (Å²) in [4.78, 5) is 22.5. The van der Waals surface area contributed by atoms with Gasteiger partial charge in [0.05, 0.1) is 18.7 Å². The second kappa shape index (κ2) is 6.78. The van der Waals surface area contributed by atoms with Crippen LogP contribution in [0.5, 0.6) is 0 Å². The quantitative estimate of drug-likeness (QED) is 0.658. The Kier molecular flexibility index (Phi) is 5.36. The van der Waals surface area contributed by atoms with E-state index in [1.54, 1.807) is 0 Å². The zero-order valence-corrected chi connectivity index (χ0v) is 10.8. The highest BCUT2D eigenvalue weighted by atomic mass is 19.2. The highest BCUT2D eigenvalue weighted by molar-refractivity contribution is 5.89. The number of rotatable bonds is 4. The summed E-state index contributed by atoms with van der Waals surface area (Å²) >= 11 is 0. The Morgan fingerprint density at radius 1 is 1.20 bits per heavy atom. The standard InChI is InChI=1S/C12H13F3N2O3/c1-6(11(18)20-2)5-16-12(19)17-10-4-8(14)7(13)3-9(10)15/h3-4,6H,5H2,1-2H3,(H2,16,17,19). The first kappa shape index (κ1) is 15.8. The summed E-state index contributed by atoms with van der Waals surface area (Å²) in [7, 11) is 1.20. The molecule has 2 amide bonds. The molecule has 2 N–H and O–H groups in total. The van der Waals surface area contributed by atoms with E-state index in [1.165, 1.54) is 14.0 Å². The van der Waals surface area contributed by atoms with Crippen molar-refractivity contribution in [1.29, 1.82) is 0 Å². The van der Waals surface area contributed by atoms with Gasteiger partial charge in [0.1, 0.15) is 5.82 Å². The first-order chi connectivity index (χ1) is 9.35. The Morgan fingerprint density at radius 3 is 2.40 bits per heavy atom. The van der Waals surface area contributed by atoms with Crippen molar-refractivity contribution in [3.05, 3.63) is 29.6 Å². The van der Waals surface area contributed by atoms with Crippen molar-refractivity contribution < 1.29 is 27.5 Å². The number of anilines is 1. The molecule has 0 aliphatic heterocycles. The number of hydrogen-bond donors (Lipinski definition) is 2. The molecule has 0 aliphatic rings. The molecule has 0 aliphatic carbocycles. The molecule has 0 radical (unpaired) electrons. The Balaban J connectivity index is 2.59. The van der Waals surface area contributed by atoms with E-state index < -0.39 is 41.1 Å². The van der Waals surface area contributed by atoms with Gasteiger partial charge >= 0.3 is 12.0 Å². The van der Waals surface area contributed by atoms with Crippen LogP contribution in [0.25, 0.3) is 0 Å². The topological polar surface area (TPSA) is 67.4 Å². The average molecular weight is 290 g/mol. The van der Waals surface area contributed by atoms with Crippen molar-refractivity contribution in [2.45, 2.75) is 6.92 Å². The lowest BCUT2D eigenvalue weighted by Crippen LogP contribution is -2.35. The molecule has 1 aromatic carbocycles. The van der Waals surface area contributed by atoms with Crippen molar-refractivity contribution in [2.75, 3.05) is 19.0 Å². The molecule has 1 aromatic rings. The molecule has 1 rings (SSSR count). The highest BCUT2D eigenvalue weighted by Gasteiger charge is 2.15. The second-order valence-corrected chi connectivity index (χ2v) is 4.01. The van der Waals surface area contributed by atoms with E-state index in [9.17, 15) is 22.8 Å². The predicted molar refractivity (Wildman–Crippen MR) is 64.5 cm³/mol. The van der Waals surface area contributed by atoms with E-state index in [0.717, 1.165) is 0 Å². The number of urea groups is 1. The molecule has 20 heavy (non-hydrogen) atoms. The Labute approximate surface area is 113 Å². The lowest BCUT2D eigenvalue weighted by molar-refractivity contribution is -0.144. The van der Waals surface area contributed by atoms with Crippen LogP contribution in [0.15, 0.2) is 12.1 Å². The number of carbonyl (C=O) groups is 2. The fraction of sp³-hybridized carbons (Fsp3) is 0.333. The third-order valence-corrected chi connectivity index (χ3v) is 2.43. The van der Waals surface area contributed by atoms with E-state index >= 15 is 0 Å². The van der Waals surface area contributed by atoms with Gasteiger partial charge in [-0.15, -0.1) is 0 Å².